The molecule has 0 fully saturated rings. The predicted octanol–water partition coefficient (Wildman–Crippen LogP) is 0.796. The highest BCUT2D eigenvalue weighted by atomic mass is 16.3. The van der Waals surface area contributed by atoms with Gasteiger partial charge in [0, 0.05) is 24.2 Å². The number of hydrogen-bond acceptors (Lipinski definition) is 4. The maximum atomic E-state index is 9.18. The molecule has 0 aliphatic carbocycles. The highest BCUT2D eigenvalue weighted by Gasteiger charge is 2.29. The van der Waals surface area contributed by atoms with Gasteiger partial charge in [0.05, 0.1) is 6.61 Å². The average molecular weight is 229 g/mol. The van der Waals surface area contributed by atoms with E-state index in [1.807, 2.05) is 19.0 Å². The van der Waals surface area contributed by atoms with Gasteiger partial charge in [0.25, 0.3) is 0 Å². The Bertz CT molecular complexity index is 216. The van der Waals surface area contributed by atoms with Crippen LogP contribution in [0, 0.1) is 23.2 Å². The summed E-state index contributed by atoms with van der Waals surface area (Å²) in [6, 6.07) is -0.329. The number of nitrogens with zero attached hydrogens (tertiary/aromatic N) is 1. The minimum absolute atomic E-state index is 0.0348. The van der Waals surface area contributed by atoms with Gasteiger partial charge < -0.3 is 21.1 Å². The monoisotopic (exact) mass is 229 g/mol. The summed E-state index contributed by atoms with van der Waals surface area (Å²) in [6.07, 6.45) is 0. The standard InChI is InChI=1S/C12H27N3O/c1-8(2)9(3)12(11(14)7-16)10(13)6-15(4)5/h8-9,11-13,16H,6-7,14H2,1-5H3/t9-,11?,12-/m1/s1. The second-order valence-corrected chi connectivity index (χ2v) is 5.24. The van der Waals surface area contributed by atoms with Crippen molar-refractivity contribution in [3.05, 3.63) is 0 Å². The van der Waals surface area contributed by atoms with E-state index in [0.717, 1.165) is 0 Å². The van der Waals surface area contributed by atoms with Gasteiger partial charge in [-0.15, -0.1) is 0 Å². The van der Waals surface area contributed by atoms with E-state index in [0.29, 0.717) is 24.1 Å². The second kappa shape index (κ2) is 6.99. The van der Waals surface area contributed by atoms with Gasteiger partial charge >= 0.3 is 0 Å². The number of aliphatic hydroxyl groups excluding tert-OH is 1. The molecule has 0 spiro atoms. The number of nitrogens with two attached hydrogens (primary N) is 1. The molecule has 4 heteroatoms. The van der Waals surface area contributed by atoms with E-state index in [-0.39, 0.29) is 18.6 Å². The van der Waals surface area contributed by atoms with Crippen LogP contribution in [-0.2, 0) is 0 Å². The van der Waals surface area contributed by atoms with Crippen molar-refractivity contribution in [3.8, 4) is 0 Å². The summed E-state index contributed by atoms with van der Waals surface area (Å²) < 4.78 is 0. The zero-order chi connectivity index (χ0) is 12.9. The summed E-state index contributed by atoms with van der Waals surface area (Å²) in [5, 5.41) is 17.3. The van der Waals surface area contributed by atoms with Gasteiger partial charge in [-0.3, -0.25) is 0 Å². The molecule has 0 saturated carbocycles. The van der Waals surface area contributed by atoms with Crippen LogP contribution in [0.25, 0.3) is 0 Å². The summed E-state index contributed by atoms with van der Waals surface area (Å²) in [4.78, 5) is 1.96. The third-order valence-corrected chi connectivity index (χ3v) is 3.18. The maximum Gasteiger partial charge on any atom is 0.0589 e. The van der Waals surface area contributed by atoms with Crippen molar-refractivity contribution >= 4 is 5.71 Å². The molecule has 0 rings (SSSR count). The van der Waals surface area contributed by atoms with Crippen molar-refractivity contribution in [2.24, 2.45) is 23.5 Å². The summed E-state index contributed by atoms with van der Waals surface area (Å²) >= 11 is 0. The van der Waals surface area contributed by atoms with E-state index >= 15 is 0 Å². The Balaban J connectivity index is 4.73. The van der Waals surface area contributed by atoms with Crippen LogP contribution in [0.5, 0.6) is 0 Å². The summed E-state index contributed by atoms with van der Waals surface area (Å²) in [7, 11) is 3.88. The molecule has 3 atom stereocenters. The molecule has 4 nitrogen and oxygen atoms in total. The summed E-state index contributed by atoms with van der Waals surface area (Å²) in [6.45, 7) is 6.91. The van der Waals surface area contributed by atoms with Crippen molar-refractivity contribution in [3.63, 3.8) is 0 Å². The van der Waals surface area contributed by atoms with E-state index in [9.17, 15) is 5.11 Å². The Hall–Kier alpha value is -0.450. The quantitative estimate of drug-likeness (QED) is 0.565. The largest absolute Gasteiger partial charge is 0.395 e. The van der Waals surface area contributed by atoms with Crippen LogP contribution in [0.4, 0.5) is 0 Å². The fourth-order valence-corrected chi connectivity index (χ4v) is 1.94. The Kier molecular flexibility index (Phi) is 6.79. The number of rotatable bonds is 7. The van der Waals surface area contributed by atoms with Gasteiger partial charge in [0.15, 0.2) is 0 Å². The number of hydrogen-bond donors (Lipinski definition) is 3. The van der Waals surface area contributed by atoms with Crippen LogP contribution in [-0.4, -0.2) is 49.0 Å². The SMILES string of the molecule is CC(C)[C@@H](C)[C@H](C(=N)CN(C)C)C(N)CO. The minimum Gasteiger partial charge on any atom is -0.395 e. The van der Waals surface area contributed by atoms with E-state index in [4.69, 9.17) is 11.1 Å². The molecule has 1 unspecified atom stereocenters. The molecule has 0 aromatic heterocycles. The third kappa shape index (κ3) is 4.60. The third-order valence-electron chi connectivity index (χ3n) is 3.18. The van der Waals surface area contributed by atoms with E-state index < -0.39 is 0 Å². The average Bonchev–Trinajstić information content (AvgIpc) is 2.16. The molecule has 96 valence electrons. The van der Waals surface area contributed by atoms with Crippen molar-refractivity contribution in [2.75, 3.05) is 27.2 Å². The molecule has 0 amide bonds. The van der Waals surface area contributed by atoms with Crippen LogP contribution < -0.4 is 5.73 Å². The van der Waals surface area contributed by atoms with Crippen LogP contribution >= 0.6 is 0 Å². The lowest BCUT2D eigenvalue weighted by Gasteiger charge is -2.32. The van der Waals surface area contributed by atoms with Gasteiger partial charge in [-0.1, -0.05) is 20.8 Å². The Morgan fingerprint density at radius 2 is 1.81 bits per heavy atom. The van der Waals surface area contributed by atoms with Gasteiger partial charge in [-0.25, -0.2) is 0 Å². The first-order chi connectivity index (χ1) is 7.31. The second-order valence-electron chi connectivity index (χ2n) is 5.24. The van der Waals surface area contributed by atoms with Crippen molar-refractivity contribution in [1.29, 1.82) is 5.41 Å². The lowest BCUT2D eigenvalue weighted by molar-refractivity contribution is 0.203. The van der Waals surface area contributed by atoms with Gasteiger partial charge in [0.2, 0.25) is 0 Å². The fourth-order valence-electron chi connectivity index (χ4n) is 1.94. The van der Waals surface area contributed by atoms with E-state index in [1.165, 1.54) is 0 Å². The molecule has 0 aliphatic rings. The van der Waals surface area contributed by atoms with E-state index in [2.05, 4.69) is 20.8 Å². The van der Waals surface area contributed by atoms with Gasteiger partial charge in [-0.05, 0) is 25.9 Å². The molecule has 4 N–H and O–H groups in total. The molecule has 0 bridgehead atoms. The lowest BCUT2D eigenvalue weighted by atomic mass is 9.77. The van der Waals surface area contributed by atoms with Crippen LogP contribution in [0.2, 0.25) is 0 Å². The molecule has 0 aliphatic heterocycles. The normalized spacial score (nSPS) is 17.6. The van der Waals surface area contributed by atoms with Gasteiger partial charge in [-0.2, -0.15) is 0 Å². The van der Waals surface area contributed by atoms with Gasteiger partial charge in [0.1, 0.15) is 0 Å². The zero-order valence-corrected chi connectivity index (χ0v) is 11.2. The fraction of sp³-hybridized carbons (Fsp3) is 0.917. The van der Waals surface area contributed by atoms with Crippen molar-refractivity contribution < 1.29 is 5.11 Å². The van der Waals surface area contributed by atoms with Crippen molar-refractivity contribution in [2.45, 2.75) is 26.8 Å². The first-order valence-corrected chi connectivity index (χ1v) is 5.89. The molecular weight excluding hydrogens is 202 g/mol. The minimum atomic E-state index is -0.329. The Morgan fingerprint density at radius 3 is 2.12 bits per heavy atom. The smallest absolute Gasteiger partial charge is 0.0589 e. The Labute approximate surface area is 99.3 Å². The highest BCUT2D eigenvalue weighted by Crippen LogP contribution is 2.24. The topological polar surface area (TPSA) is 73.3 Å². The van der Waals surface area contributed by atoms with Crippen LogP contribution in [0.3, 0.4) is 0 Å². The molecule has 0 radical (unpaired) electrons. The summed E-state index contributed by atoms with van der Waals surface area (Å²) in [5.41, 5.74) is 6.54. The Morgan fingerprint density at radius 1 is 1.31 bits per heavy atom. The predicted molar refractivity (Wildman–Crippen MR) is 68.8 cm³/mol. The molecular formula is C12H27N3O. The number of nitrogens with one attached hydrogen (secondary N) is 1. The van der Waals surface area contributed by atoms with Crippen molar-refractivity contribution in [1.82, 2.24) is 4.90 Å². The molecule has 0 aromatic carbocycles. The van der Waals surface area contributed by atoms with Crippen LogP contribution in [0.1, 0.15) is 20.8 Å². The molecule has 16 heavy (non-hydrogen) atoms. The molecule has 0 heterocycles. The summed E-state index contributed by atoms with van der Waals surface area (Å²) in [5.74, 6) is 0.743. The highest BCUT2D eigenvalue weighted by molar-refractivity contribution is 5.86. The molecule has 0 aromatic rings. The lowest BCUT2D eigenvalue weighted by Crippen LogP contribution is -2.45. The van der Waals surface area contributed by atoms with Crippen LogP contribution in [0.15, 0.2) is 0 Å². The maximum absolute atomic E-state index is 9.18. The first kappa shape index (κ1) is 15.6. The zero-order valence-electron chi connectivity index (χ0n) is 11.2. The number of aliphatic hydroxyl groups is 1. The molecule has 0 saturated heterocycles. The first-order valence-electron chi connectivity index (χ1n) is 5.89. The van der Waals surface area contributed by atoms with E-state index in [1.54, 1.807) is 0 Å².